The zero-order chi connectivity index (χ0) is 18.1. The average Bonchev–Trinajstić information content (AvgIpc) is 3.16. The monoisotopic (exact) mass is 350 g/mol. The number of nitrogens with zero attached hydrogens (tertiary/aromatic N) is 1. The number of carbonyl (C=O) groups excluding carboxylic acids is 2. The maximum absolute atomic E-state index is 14.3. The van der Waals surface area contributed by atoms with Gasteiger partial charge < -0.3 is 15.6 Å². The predicted molar refractivity (Wildman–Crippen MR) is 95.3 cm³/mol. The van der Waals surface area contributed by atoms with Gasteiger partial charge in [0.25, 0.3) is 5.91 Å². The Kier molecular flexibility index (Phi) is 3.96. The molecule has 0 radical (unpaired) electrons. The fourth-order valence-electron chi connectivity index (χ4n) is 2.91. The second kappa shape index (κ2) is 6.44. The van der Waals surface area contributed by atoms with Crippen LogP contribution in [0.3, 0.4) is 0 Å². The number of aromatic nitrogens is 2. The lowest BCUT2D eigenvalue weighted by Crippen LogP contribution is -2.21. The Morgan fingerprint density at radius 2 is 1.96 bits per heavy atom. The van der Waals surface area contributed by atoms with Gasteiger partial charge in [0.15, 0.2) is 0 Å². The Labute approximate surface area is 148 Å². The molecule has 0 saturated carbocycles. The van der Waals surface area contributed by atoms with Crippen LogP contribution in [0.15, 0.2) is 48.8 Å². The van der Waals surface area contributed by atoms with E-state index in [4.69, 9.17) is 0 Å². The van der Waals surface area contributed by atoms with Gasteiger partial charge in [-0.3, -0.25) is 9.59 Å². The van der Waals surface area contributed by atoms with E-state index >= 15 is 0 Å². The molecule has 1 aromatic heterocycles. The summed E-state index contributed by atoms with van der Waals surface area (Å²) in [6.45, 7) is 0. The highest BCUT2D eigenvalue weighted by Crippen LogP contribution is 2.26. The van der Waals surface area contributed by atoms with Crippen molar-refractivity contribution in [3.8, 4) is 11.4 Å². The highest BCUT2D eigenvalue weighted by atomic mass is 19.1. The number of hydrogen-bond donors (Lipinski definition) is 3. The van der Waals surface area contributed by atoms with Gasteiger partial charge in [-0.05, 0) is 48.4 Å². The minimum atomic E-state index is -0.671. The molecule has 2 amide bonds. The molecule has 6 nitrogen and oxygen atoms in total. The fourth-order valence-corrected chi connectivity index (χ4v) is 2.91. The molecule has 1 aliphatic heterocycles. The van der Waals surface area contributed by atoms with Crippen LogP contribution in [0.25, 0.3) is 11.4 Å². The molecule has 130 valence electrons. The first-order valence-corrected chi connectivity index (χ1v) is 8.13. The Morgan fingerprint density at radius 1 is 1.15 bits per heavy atom. The molecule has 0 aliphatic carbocycles. The van der Waals surface area contributed by atoms with E-state index in [1.807, 2.05) is 12.1 Å². The summed E-state index contributed by atoms with van der Waals surface area (Å²) in [5, 5.41) is 5.31. The number of halogens is 1. The number of H-pyrrole nitrogens is 1. The summed E-state index contributed by atoms with van der Waals surface area (Å²) in [5.41, 5.74) is 2.57. The zero-order valence-corrected chi connectivity index (χ0v) is 13.7. The molecule has 0 spiro atoms. The van der Waals surface area contributed by atoms with E-state index in [9.17, 15) is 14.0 Å². The SMILES string of the molecule is O=C1CCc2cc(C(=O)Nc3ccc(-c4ncc[nH]4)cc3)c(F)cc2N1. The molecule has 0 saturated heterocycles. The molecule has 7 heteroatoms. The molecular weight excluding hydrogens is 335 g/mol. The van der Waals surface area contributed by atoms with Crippen LogP contribution in [0.4, 0.5) is 15.8 Å². The molecule has 0 unspecified atom stereocenters. The fraction of sp³-hybridized carbons (Fsp3) is 0.105. The third-order valence-corrected chi connectivity index (χ3v) is 4.25. The number of aromatic amines is 1. The van der Waals surface area contributed by atoms with Crippen molar-refractivity contribution in [1.82, 2.24) is 9.97 Å². The second-order valence-electron chi connectivity index (χ2n) is 6.01. The van der Waals surface area contributed by atoms with Crippen LogP contribution < -0.4 is 10.6 Å². The molecule has 3 N–H and O–H groups in total. The van der Waals surface area contributed by atoms with E-state index in [-0.39, 0.29) is 11.5 Å². The largest absolute Gasteiger partial charge is 0.345 e. The summed E-state index contributed by atoms with van der Waals surface area (Å²) in [6.07, 6.45) is 4.20. The lowest BCUT2D eigenvalue weighted by molar-refractivity contribution is -0.116. The van der Waals surface area contributed by atoms with Gasteiger partial charge in [-0.25, -0.2) is 9.37 Å². The molecule has 3 aromatic rings. The Morgan fingerprint density at radius 3 is 2.69 bits per heavy atom. The van der Waals surface area contributed by atoms with Crippen LogP contribution in [0, 0.1) is 5.82 Å². The van der Waals surface area contributed by atoms with Crippen molar-refractivity contribution in [2.24, 2.45) is 0 Å². The van der Waals surface area contributed by atoms with Crippen LogP contribution in [0.5, 0.6) is 0 Å². The lowest BCUT2D eigenvalue weighted by Gasteiger charge is -2.18. The Balaban J connectivity index is 1.54. The van der Waals surface area contributed by atoms with Gasteiger partial charge in [-0.2, -0.15) is 0 Å². The molecule has 2 heterocycles. The van der Waals surface area contributed by atoms with E-state index in [1.165, 1.54) is 12.1 Å². The number of amides is 2. The van der Waals surface area contributed by atoms with Crippen LogP contribution in [0.2, 0.25) is 0 Å². The van der Waals surface area contributed by atoms with Crippen molar-refractivity contribution < 1.29 is 14.0 Å². The van der Waals surface area contributed by atoms with Crippen molar-refractivity contribution in [2.45, 2.75) is 12.8 Å². The summed E-state index contributed by atoms with van der Waals surface area (Å²) < 4.78 is 14.3. The molecule has 4 rings (SSSR count). The standard InChI is InChI=1S/C19H15FN4O2/c20-15-10-16-12(3-6-17(25)24-16)9-14(15)19(26)23-13-4-1-11(2-5-13)18-21-7-8-22-18/h1-2,4-5,7-10H,3,6H2,(H,21,22)(H,23,26)(H,24,25). The third kappa shape index (κ3) is 3.06. The van der Waals surface area contributed by atoms with Crippen LogP contribution in [-0.2, 0) is 11.2 Å². The highest BCUT2D eigenvalue weighted by molar-refractivity contribution is 6.05. The number of anilines is 2. The van der Waals surface area contributed by atoms with Crippen molar-refractivity contribution in [3.63, 3.8) is 0 Å². The van der Waals surface area contributed by atoms with Gasteiger partial charge in [-0.1, -0.05) is 0 Å². The number of hydrogen-bond acceptors (Lipinski definition) is 3. The molecule has 1 aliphatic rings. The van der Waals surface area contributed by atoms with Gasteiger partial charge >= 0.3 is 0 Å². The normalized spacial score (nSPS) is 13.0. The van der Waals surface area contributed by atoms with E-state index in [0.29, 0.717) is 24.2 Å². The number of nitrogens with one attached hydrogen (secondary N) is 3. The smallest absolute Gasteiger partial charge is 0.258 e. The van der Waals surface area contributed by atoms with Crippen molar-refractivity contribution >= 4 is 23.2 Å². The first-order valence-electron chi connectivity index (χ1n) is 8.13. The summed E-state index contributed by atoms with van der Waals surface area (Å²) in [7, 11) is 0. The third-order valence-electron chi connectivity index (χ3n) is 4.25. The molecular formula is C19H15FN4O2. The summed E-state index contributed by atoms with van der Waals surface area (Å²) >= 11 is 0. The Bertz CT molecular complexity index is 982. The number of fused-ring (bicyclic) bond motifs is 1. The van der Waals surface area contributed by atoms with Crippen molar-refractivity contribution in [1.29, 1.82) is 0 Å². The van der Waals surface area contributed by atoms with E-state index in [2.05, 4.69) is 20.6 Å². The number of imidazole rings is 1. The molecule has 2 aromatic carbocycles. The van der Waals surface area contributed by atoms with Gasteiger partial charge in [-0.15, -0.1) is 0 Å². The van der Waals surface area contributed by atoms with Crippen molar-refractivity contribution in [2.75, 3.05) is 10.6 Å². The first-order chi connectivity index (χ1) is 12.6. The summed E-state index contributed by atoms with van der Waals surface area (Å²) in [4.78, 5) is 31.0. The predicted octanol–water partition coefficient (Wildman–Crippen LogP) is 3.35. The zero-order valence-electron chi connectivity index (χ0n) is 13.7. The minimum Gasteiger partial charge on any atom is -0.345 e. The topological polar surface area (TPSA) is 86.9 Å². The maximum atomic E-state index is 14.3. The van der Waals surface area contributed by atoms with Gasteiger partial charge in [0.05, 0.1) is 5.56 Å². The molecule has 26 heavy (non-hydrogen) atoms. The van der Waals surface area contributed by atoms with E-state index in [1.54, 1.807) is 24.5 Å². The van der Waals surface area contributed by atoms with E-state index < -0.39 is 11.7 Å². The van der Waals surface area contributed by atoms with Crippen LogP contribution in [-0.4, -0.2) is 21.8 Å². The summed E-state index contributed by atoms with van der Waals surface area (Å²) in [6, 6.07) is 9.77. The number of aryl methyl sites for hydroxylation is 1. The number of rotatable bonds is 3. The minimum absolute atomic E-state index is 0.0463. The molecule has 0 fully saturated rings. The molecule has 0 atom stereocenters. The van der Waals surface area contributed by atoms with Crippen LogP contribution in [0.1, 0.15) is 22.3 Å². The van der Waals surface area contributed by atoms with Gasteiger partial charge in [0, 0.05) is 35.8 Å². The van der Waals surface area contributed by atoms with Crippen molar-refractivity contribution in [3.05, 3.63) is 65.7 Å². The Hall–Kier alpha value is -3.48. The maximum Gasteiger partial charge on any atom is 0.258 e. The van der Waals surface area contributed by atoms with Gasteiger partial charge in [0.2, 0.25) is 5.91 Å². The highest BCUT2D eigenvalue weighted by Gasteiger charge is 2.20. The quantitative estimate of drug-likeness (QED) is 0.677. The number of carbonyl (C=O) groups is 2. The van der Waals surface area contributed by atoms with Crippen LogP contribution >= 0.6 is 0 Å². The number of benzene rings is 2. The average molecular weight is 350 g/mol. The first kappa shape index (κ1) is 16.0. The molecule has 0 bridgehead atoms. The van der Waals surface area contributed by atoms with Gasteiger partial charge in [0.1, 0.15) is 11.6 Å². The lowest BCUT2D eigenvalue weighted by atomic mass is 9.99. The summed E-state index contributed by atoms with van der Waals surface area (Å²) in [5.74, 6) is -0.625. The van der Waals surface area contributed by atoms with E-state index in [0.717, 1.165) is 17.0 Å². The second-order valence-corrected chi connectivity index (χ2v) is 6.01.